The number of hydrogen-bond donors (Lipinski definition) is 1. The van der Waals surface area contributed by atoms with Crippen molar-refractivity contribution in [1.29, 1.82) is 0 Å². The van der Waals surface area contributed by atoms with Crippen molar-refractivity contribution >= 4 is 11.6 Å². The van der Waals surface area contributed by atoms with Crippen molar-refractivity contribution in [2.24, 2.45) is 0 Å². The van der Waals surface area contributed by atoms with Crippen LogP contribution in [0, 0.1) is 13.8 Å². The molecule has 0 aliphatic carbocycles. The van der Waals surface area contributed by atoms with E-state index in [4.69, 9.17) is 0 Å². The molecular formula is C14H13N7O. The summed E-state index contributed by atoms with van der Waals surface area (Å²) in [5.74, 6) is 0.134. The smallest absolute Gasteiger partial charge is 0.275 e. The minimum absolute atomic E-state index is 0.229. The predicted octanol–water partition coefficient (Wildman–Crippen LogP) is 1.32. The van der Waals surface area contributed by atoms with Gasteiger partial charge in [0.15, 0.2) is 0 Å². The quantitative estimate of drug-likeness (QED) is 0.782. The van der Waals surface area contributed by atoms with Gasteiger partial charge in [-0.2, -0.15) is 0 Å². The van der Waals surface area contributed by atoms with Crippen molar-refractivity contribution in [2.75, 3.05) is 5.32 Å². The first-order valence-corrected chi connectivity index (χ1v) is 6.55. The summed E-state index contributed by atoms with van der Waals surface area (Å²) in [6, 6.07) is 0. The minimum Gasteiger partial charge on any atom is -0.318 e. The third-order valence-corrected chi connectivity index (χ3v) is 3.16. The zero-order chi connectivity index (χ0) is 15.5. The number of aryl methyl sites for hydroxylation is 1. The van der Waals surface area contributed by atoms with E-state index in [1.54, 1.807) is 10.9 Å². The Hall–Kier alpha value is -3.16. The molecule has 0 saturated carbocycles. The Bertz CT molecular complexity index is 796. The highest BCUT2D eigenvalue weighted by Gasteiger charge is 2.10. The monoisotopic (exact) mass is 295 g/mol. The van der Waals surface area contributed by atoms with Crippen molar-refractivity contribution in [3.05, 3.63) is 54.4 Å². The molecule has 3 rings (SSSR count). The number of aromatic nitrogens is 6. The molecule has 3 aromatic heterocycles. The summed E-state index contributed by atoms with van der Waals surface area (Å²) in [7, 11) is 0. The summed E-state index contributed by atoms with van der Waals surface area (Å²) < 4.78 is 1.78. The van der Waals surface area contributed by atoms with Crippen LogP contribution in [0.3, 0.4) is 0 Å². The van der Waals surface area contributed by atoms with Crippen LogP contribution in [0.2, 0.25) is 0 Å². The Morgan fingerprint density at radius 1 is 1.05 bits per heavy atom. The molecule has 1 N–H and O–H groups in total. The predicted molar refractivity (Wildman–Crippen MR) is 78.6 cm³/mol. The third-order valence-electron chi connectivity index (χ3n) is 3.16. The number of carbonyl (C=O) groups excluding carboxylic acids is 1. The van der Waals surface area contributed by atoms with Gasteiger partial charge in [-0.1, -0.05) is 0 Å². The highest BCUT2D eigenvalue weighted by molar-refractivity contribution is 6.02. The van der Waals surface area contributed by atoms with Gasteiger partial charge in [-0.15, -0.1) is 0 Å². The minimum atomic E-state index is -0.362. The molecular weight excluding hydrogens is 282 g/mol. The maximum Gasteiger partial charge on any atom is 0.275 e. The number of rotatable bonds is 3. The number of nitrogens with one attached hydrogen (secondary N) is 1. The normalized spacial score (nSPS) is 10.5. The number of anilines is 1. The summed E-state index contributed by atoms with van der Waals surface area (Å²) in [6.45, 7) is 3.86. The van der Waals surface area contributed by atoms with E-state index in [2.05, 4.69) is 30.2 Å². The number of carbonyl (C=O) groups is 1. The van der Waals surface area contributed by atoms with Gasteiger partial charge in [0.1, 0.15) is 12.0 Å². The van der Waals surface area contributed by atoms with E-state index in [9.17, 15) is 4.79 Å². The molecule has 0 spiro atoms. The molecule has 22 heavy (non-hydrogen) atoms. The van der Waals surface area contributed by atoms with Gasteiger partial charge in [-0.3, -0.25) is 14.3 Å². The van der Waals surface area contributed by atoms with Crippen molar-refractivity contribution in [3.8, 4) is 5.95 Å². The Balaban J connectivity index is 1.77. The average Bonchev–Trinajstić information content (AvgIpc) is 2.89. The first-order chi connectivity index (χ1) is 10.6. The number of hydrogen-bond acceptors (Lipinski definition) is 6. The second-order valence-electron chi connectivity index (χ2n) is 4.60. The van der Waals surface area contributed by atoms with Crippen molar-refractivity contribution in [3.63, 3.8) is 0 Å². The van der Waals surface area contributed by atoms with E-state index in [-0.39, 0.29) is 11.6 Å². The van der Waals surface area contributed by atoms with Crippen LogP contribution in [0.5, 0.6) is 0 Å². The molecule has 0 saturated heterocycles. The Morgan fingerprint density at radius 3 is 2.41 bits per heavy atom. The molecule has 0 aliphatic rings. The lowest BCUT2D eigenvalue weighted by molar-refractivity contribution is 0.102. The summed E-state index contributed by atoms with van der Waals surface area (Å²) >= 11 is 0. The van der Waals surface area contributed by atoms with Gasteiger partial charge >= 0.3 is 0 Å². The largest absolute Gasteiger partial charge is 0.318 e. The zero-order valence-corrected chi connectivity index (χ0v) is 12.1. The van der Waals surface area contributed by atoms with E-state index in [1.165, 1.54) is 31.0 Å². The van der Waals surface area contributed by atoms with Crippen LogP contribution in [-0.4, -0.2) is 35.4 Å². The third kappa shape index (κ3) is 2.66. The fourth-order valence-corrected chi connectivity index (χ4v) is 1.82. The van der Waals surface area contributed by atoms with Crippen LogP contribution in [0.25, 0.3) is 5.95 Å². The van der Waals surface area contributed by atoms with E-state index in [0.717, 1.165) is 11.4 Å². The summed E-state index contributed by atoms with van der Waals surface area (Å²) in [5, 5.41) is 2.67. The number of imidazole rings is 1. The molecule has 0 bridgehead atoms. The second kappa shape index (κ2) is 5.68. The maximum atomic E-state index is 11.9. The molecule has 0 aliphatic heterocycles. The lowest BCUT2D eigenvalue weighted by Crippen LogP contribution is -2.14. The SMILES string of the molecule is Cc1ncn(-c2ncc(NC(=O)c3cnccn3)cn2)c1C. The first kappa shape index (κ1) is 13.8. The molecule has 0 aromatic carbocycles. The van der Waals surface area contributed by atoms with Crippen LogP contribution in [-0.2, 0) is 0 Å². The van der Waals surface area contributed by atoms with E-state index >= 15 is 0 Å². The summed E-state index contributed by atoms with van der Waals surface area (Å²) in [5.41, 5.74) is 2.60. The second-order valence-corrected chi connectivity index (χ2v) is 4.60. The number of amides is 1. The molecule has 1 amide bonds. The van der Waals surface area contributed by atoms with Crippen LogP contribution in [0.1, 0.15) is 21.9 Å². The Labute approximate surface area is 126 Å². The van der Waals surface area contributed by atoms with E-state index in [1.807, 2.05) is 13.8 Å². The average molecular weight is 295 g/mol. The van der Waals surface area contributed by atoms with Crippen molar-refractivity contribution in [2.45, 2.75) is 13.8 Å². The summed E-state index contributed by atoms with van der Waals surface area (Å²) in [4.78, 5) is 32.4. The lowest BCUT2D eigenvalue weighted by Gasteiger charge is -2.06. The molecule has 8 heteroatoms. The first-order valence-electron chi connectivity index (χ1n) is 6.55. The van der Waals surface area contributed by atoms with Crippen molar-refractivity contribution in [1.82, 2.24) is 29.5 Å². The zero-order valence-electron chi connectivity index (χ0n) is 12.1. The van der Waals surface area contributed by atoms with Gasteiger partial charge < -0.3 is 5.32 Å². The van der Waals surface area contributed by atoms with Crippen LogP contribution < -0.4 is 5.32 Å². The summed E-state index contributed by atoms with van der Waals surface area (Å²) in [6.07, 6.45) is 9.08. The van der Waals surface area contributed by atoms with Crippen LogP contribution in [0.4, 0.5) is 5.69 Å². The molecule has 0 unspecified atom stereocenters. The van der Waals surface area contributed by atoms with Gasteiger partial charge in [-0.05, 0) is 13.8 Å². The molecule has 3 aromatic rings. The topological polar surface area (TPSA) is 98.5 Å². The highest BCUT2D eigenvalue weighted by Crippen LogP contribution is 2.11. The van der Waals surface area contributed by atoms with Gasteiger partial charge in [0.25, 0.3) is 5.91 Å². The molecule has 8 nitrogen and oxygen atoms in total. The van der Waals surface area contributed by atoms with Gasteiger partial charge in [0.2, 0.25) is 5.95 Å². The van der Waals surface area contributed by atoms with Gasteiger partial charge in [0, 0.05) is 18.1 Å². The Kier molecular flexibility index (Phi) is 3.57. The fourth-order valence-electron chi connectivity index (χ4n) is 1.82. The highest BCUT2D eigenvalue weighted by atomic mass is 16.1. The van der Waals surface area contributed by atoms with Gasteiger partial charge in [-0.25, -0.2) is 19.9 Å². The fraction of sp³-hybridized carbons (Fsp3) is 0.143. The molecule has 0 atom stereocenters. The molecule has 0 radical (unpaired) electrons. The van der Waals surface area contributed by atoms with Crippen molar-refractivity contribution < 1.29 is 4.79 Å². The van der Waals surface area contributed by atoms with Gasteiger partial charge in [0.05, 0.1) is 30.0 Å². The lowest BCUT2D eigenvalue weighted by atomic mass is 10.4. The van der Waals surface area contributed by atoms with Crippen LogP contribution >= 0.6 is 0 Å². The maximum absolute atomic E-state index is 11.9. The molecule has 0 fully saturated rings. The standard InChI is InChI=1S/C14H13N7O/c1-9-10(2)21(8-19-9)14-17-5-11(6-18-14)20-13(22)12-7-15-3-4-16-12/h3-8H,1-2H3,(H,20,22). The Morgan fingerprint density at radius 2 is 1.82 bits per heavy atom. The van der Waals surface area contributed by atoms with E-state index < -0.39 is 0 Å². The number of nitrogens with zero attached hydrogens (tertiary/aromatic N) is 6. The van der Waals surface area contributed by atoms with E-state index in [0.29, 0.717) is 11.6 Å². The molecule has 110 valence electrons. The van der Waals surface area contributed by atoms with Crippen LogP contribution in [0.15, 0.2) is 37.3 Å². The molecule has 3 heterocycles.